The maximum atomic E-state index is 14.1. The van der Waals surface area contributed by atoms with Crippen LogP contribution in [0.1, 0.15) is 32.5 Å². The second-order valence-corrected chi connectivity index (χ2v) is 7.17. The molecule has 7 nitrogen and oxygen atoms in total. The molecular formula is C21H22FN5O2. The Labute approximate surface area is 167 Å². The van der Waals surface area contributed by atoms with E-state index in [1.54, 1.807) is 52.8 Å². The molecule has 0 saturated carbocycles. The zero-order chi connectivity index (χ0) is 20.7. The first-order valence-electron chi connectivity index (χ1n) is 9.47. The van der Waals surface area contributed by atoms with E-state index < -0.39 is 0 Å². The van der Waals surface area contributed by atoms with Gasteiger partial charge in [-0.25, -0.2) is 9.37 Å². The van der Waals surface area contributed by atoms with Gasteiger partial charge in [0, 0.05) is 25.1 Å². The molecule has 0 amide bonds. The van der Waals surface area contributed by atoms with Crippen LogP contribution in [0.4, 0.5) is 4.39 Å². The molecular weight excluding hydrogens is 373 g/mol. The van der Waals surface area contributed by atoms with Gasteiger partial charge in [-0.2, -0.15) is 5.10 Å². The van der Waals surface area contributed by atoms with E-state index in [0.717, 1.165) is 5.82 Å². The molecule has 4 aromatic rings. The first-order valence-corrected chi connectivity index (χ1v) is 9.47. The Kier molecular flexibility index (Phi) is 4.70. The highest BCUT2D eigenvalue weighted by Gasteiger charge is 2.15. The standard InChI is InChI=1S/C21H22FN5O2/c1-5-26-11-16(22)19(24-26)14-6-8-15(9-7-14)29-18-12-27-17(21(28)25(18)4)10-23-20(27)13(2)3/h6-13H,5H2,1-4H3. The molecule has 150 valence electrons. The van der Waals surface area contributed by atoms with Crippen molar-refractivity contribution < 1.29 is 9.13 Å². The van der Waals surface area contributed by atoms with Crippen molar-refractivity contribution in [2.45, 2.75) is 33.2 Å². The van der Waals surface area contributed by atoms with Crippen LogP contribution < -0.4 is 10.3 Å². The second-order valence-electron chi connectivity index (χ2n) is 7.17. The molecule has 0 radical (unpaired) electrons. The van der Waals surface area contributed by atoms with Crippen molar-refractivity contribution in [2.24, 2.45) is 7.05 Å². The highest BCUT2D eigenvalue weighted by atomic mass is 19.1. The number of hydrogen-bond donors (Lipinski definition) is 0. The third kappa shape index (κ3) is 3.30. The number of nitrogens with zero attached hydrogens (tertiary/aromatic N) is 5. The van der Waals surface area contributed by atoms with Gasteiger partial charge >= 0.3 is 0 Å². The number of halogens is 1. The molecule has 0 N–H and O–H groups in total. The number of benzene rings is 1. The molecule has 0 spiro atoms. The predicted molar refractivity (Wildman–Crippen MR) is 108 cm³/mol. The maximum absolute atomic E-state index is 14.1. The Morgan fingerprint density at radius 2 is 1.90 bits per heavy atom. The van der Waals surface area contributed by atoms with E-state index in [-0.39, 0.29) is 17.3 Å². The lowest BCUT2D eigenvalue weighted by atomic mass is 10.1. The molecule has 0 aliphatic heterocycles. The molecule has 0 aliphatic carbocycles. The number of ether oxygens (including phenoxy) is 1. The smallest absolute Gasteiger partial charge is 0.279 e. The van der Waals surface area contributed by atoms with Gasteiger partial charge in [0.1, 0.15) is 22.8 Å². The van der Waals surface area contributed by atoms with E-state index in [4.69, 9.17) is 4.74 Å². The summed E-state index contributed by atoms with van der Waals surface area (Å²) in [4.78, 5) is 17.0. The van der Waals surface area contributed by atoms with Crippen LogP contribution in [0, 0.1) is 5.82 Å². The fraction of sp³-hybridized carbons (Fsp3) is 0.286. The van der Waals surface area contributed by atoms with Crippen molar-refractivity contribution in [2.75, 3.05) is 0 Å². The van der Waals surface area contributed by atoms with Crippen molar-refractivity contribution >= 4 is 5.52 Å². The largest absolute Gasteiger partial charge is 0.439 e. The van der Waals surface area contributed by atoms with Gasteiger partial charge in [-0.15, -0.1) is 0 Å². The Balaban J connectivity index is 1.68. The van der Waals surface area contributed by atoms with E-state index in [0.29, 0.717) is 34.9 Å². The molecule has 3 heterocycles. The van der Waals surface area contributed by atoms with E-state index in [1.807, 2.05) is 20.8 Å². The number of aryl methyl sites for hydroxylation is 1. The van der Waals surface area contributed by atoms with Gasteiger partial charge in [0.15, 0.2) is 5.82 Å². The van der Waals surface area contributed by atoms with Crippen molar-refractivity contribution in [3.8, 4) is 22.9 Å². The summed E-state index contributed by atoms with van der Waals surface area (Å²) < 4.78 is 24.8. The van der Waals surface area contributed by atoms with Crippen LogP contribution in [0.25, 0.3) is 16.8 Å². The van der Waals surface area contributed by atoms with Crippen molar-refractivity contribution in [1.82, 2.24) is 23.7 Å². The topological polar surface area (TPSA) is 66.3 Å². The van der Waals surface area contributed by atoms with Gasteiger partial charge in [-0.3, -0.25) is 18.4 Å². The predicted octanol–water partition coefficient (Wildman–Crippen LogP) is 3.97. The minimum absolute atomic E-state index is 0.162. The first-order chi connectivity index (χ1) is 13.9. The minimum atomic E-state index is -0.366. The van der Waals surface area contributed by atoms with E-state index in [1.165, 1.54) is 10.8 Å². The quantitative estimate of drug-likeness (QED) is 0.513. The number of hydrogen-bond acceptors (Lipinski definition) is 4. The number of fused-ring (bicyclic) bond motifs is 1. The lowest BCUT2D eigenvalue weighted by Crippen LogP contribution is -2.20. The number of imidazole rings is 1. The van der Waals surface area contributed by atoms with Crippen LogP contribution in [0.5, 0.6) is 11.6 Å². The molecule has 0 bridgehead atoms. The summed E-state index contributed by atoms with van der Waals surface area (Å²) in [6.45, 7) is 6.54. The monoisotopic (exact) mass is 395 g/mol. The van der Waals surface area contributed by atoms with Crippen LogP contribution >= 0.6 is 0 Å². The summed E-state index contributed by atoms with van der Waals surface area (Å²) in [5, 5.41) is 4.24. The van der Waals surface area contributed by atoms with Gasteiger partial charge in [0.05, 0.1) is 18.6 Å². The Bertz CT molecular complexity index is 1230. The summed E-state index contributed by atoms with van der Waals surface area (Å²) in [6, 6.07) is 6.94. The zero-order valence-electron chi connectivity index (χ0n) is 16.8. The van der Waals surface area contributed by atoms with Crippen LogP contribution in [-0.4, -0.2) is 23.7 Å². The fourth-order valence-corrected chi connectivity index (χ4v) is 3.22. The van der Waals surface area contributed by atoms with Crippen molar-refractivity contribution in [1.29, 1.82) is 0 Å². The maximum Gasteiger partial charge on any atom is 0.279 e. The second kappa shape index (κ2) is 7.20. The minimum Gasteiger partial charge on any atom is -0.439 e. The average Bonchev–Trinajstić information content (AvgIpc) is 3.30. The lowest BCUT2D eigenvalue weighted by molar-refractivity contribution is 0.430. The third-order valence-corrected chi connectivity index (χ3v) is 4.83. The summed E-state index contributed by atoms with van der Waals surface area (Å²) in [6.07, 6.45) is 4.72. The molecule has 1 aromatic carbocycles. The van der Waals surface area contributed by atoms with E-state index in [9.17, 15) is 9.18 Å². The number of aromatic nitrogens is 5. The first kappa shape index (κ1) is 18.9. The van der Waals surface area contributed by atoms with Crippen LogP contribution in [0.15, 0.2) is 47.7 Å². The van der Waals surface area contributed by atoms with Gasteiger partial charge in [0.2, 0.25) is 5.88 Å². The van der Waals surface area contributed by atoms with Crippen LogP contribution in [0.3, 0.4) is 0 Å². The summed E-state index contributed by atoms with van der Waals surface area (Å²) >= 11 is 0. The molecule has 4 rings (SSSR count). The summed E-state index contributed by atoms with van der Waals surface area (Å²) in [5.74, 6) is 1.50. The summed E-state index contributed by atoms with van der Waals surface area (Å²) in [7, 11) is 1.65. The number of rotatable bonds is 5. The van der Waals surface area contributed by atoms with Gasteiger partial charge < -0.3 is 4.74 Å². The Morgan fingerprint density at radius 3 is 2.52 bits per heavy atom. The normalized spacial score (nSPS) is 11.5. The van der Waals surface area contributed by atoms with Gasteiger partial charge in [-0.05, 0) is 31.2 Å². The van der Waals surface area contributed by atoms with Gasteiger partial charge in [-0.1, -0.05) is 13.8 Å². The van der Waals surface area contributed by atoms with Crippen molar-refractivity contribution in [3.63, 3.8) is 0 Å². The SMILES string of the molecule is CCn1cc(F)c(-c2ccc(Oc3cn4c(C(C)C)ncc4c(=O)n3C)cc2)n1. The molecule has 8 heteroatoms. The molecule has 3 aromatic heterocycles. The molecule has 0 saturated heterocycles. The highest BCUT2D eigenvalue weighted by Crippen LogP contribution is 2.26. The summed E-state index contributed by atoms with van der Waals surface area (Å²) in [5.41, 5.74) is 1.27. The average molecular weight is 395 g/mol. The van der Waals surface area contributed by atoms with E-state index in [2.05, 4.69) is 10.1 Å². The third-order valence-electron chi connectivity index (χ3n) is 4.83. The van der Waals surface area contributed by atoms with Crippen LogP contribution in [0.2, 0.25) is 0 Å². The molecule has 29 heavy (non-hydrogen) atoms. The fourth-order valence-electron chi connectivity index (χ4n) is 3.22. The van der Waals surface area contributed by atoms with Crippen molar-refractivity contribution in [3.05, 3.63) is 64.9 Å². The Hall–Kier alpha value is -3.42. The molecule has 0 fully saturated rings. The van der Waals surface area contributed by atoms with E-state index >= 15 is 0 Å². The lowest BCUT2D eigenvalue weighted by Gasteiger charge is -2.12. The molecule has 0 aliphatic rings. The van der Waals surface area contributed by atoms with Crippen LogP contribution in [-0.2, 0) is 13.6 Å². The highest BCUT2D eigenvalue weighted by molar-refractivity contribution is 5.60. The Morgan fingerprint density at radius 1 is 1.17 bits per heavy atom. The molecule has 0 atom stereocenters. The van der Waals surface area contributed by atoms with Gasteiger partial charge in [0.25, 0.3) is 5.56 Å². The molecule has 0 unspecified atom stereocenters. The zero-order valence-corrected chi connectivity index (χ0v) is 16.8.